The van der Waals surface area contributed by atoms with Crippen LogP contribution in [0.1, 0.15) is 23.2 Å². The lowest BCUT2D eigenvalue weighted by atomic mass is 10.1. The molecule has 116 valence electrons. The normalized spacial score (nSPS) is 13.9. The fraction of sp³-hybridized carbons (Fsp3) is 0.357. The highest BCUT2D eigenvalue weighted by Gasteiger charge is 2.22. The molecule has 1 fully saturated rings. The molecule has 8 heteroatoms. The number of benzene rings is 1. The minimum absolute atomic E-state index is 0.129. The minimum atomic E-state index is -0.537. The zero-order valence-corrected chi connectivity index (χ0v) is 13.5. The maximum Gasteiger partial charge on any atom is 0.206 e. The van der Waals surface area contributed by atoms with Crippen molar-refractivity contribution >= 4 is 34.0 Å². The monoisotopic (exact) mass is 339 g/mol. The van der Waals surface area contributed by atoms with Gasteiger partial charge < -0.3 is 10.1 Å². The first-order chi connectivity index (χ1) is 10.7. The Morgan fingerprint density at radius 1 is 1.50 bits per heavy atom. The Kier molecular flexibility index (Phi) is 4.58. The highest BCUT2D eigenvalue weighted by Crippen LogP contribution is 2.30. The Morgan fingerprint density at radius 2 is 2.32 bits per heavy atom. The summed E-state index contributed by atoms with van der Waals surface area (Å²) in [5.74, 6) is -0.364. The molecule has 0 bridgehead atoms. The second-order valence-corrected chi connectivity index (χ2v) is 7.05. The number of rotatable bonds is 7. The Hall–Kier alpha value is -1.67. The predicted molar refractivity (Wildman–Crippen MR) is 84.6 cm³/mol. The molecule has 1 aliphatic rings. The quantitative estimate of drug-likeness (QED) is 0.617. The maximum atomic E-state index is 13.6. The van der Waals surface area contributed by atoms with Crippen molar-refractivity contribution in [2.24, 2.45) is 0 Å². The van der Waals surface area contributed by atoms with Crippen molar-refractivity contribution in [2.45, 2.75) is 23.2 Å². The number of halogens is 1. The molecule has 1 aromatic carbocycles. The van der Waals surface area contributed by atoms with Crippen LogP contribution in [0.2, 0.25) is 0 Å². The Bertz CT molecular complexity index is 688. The number of hydrogen-bond donors (Lipinski definition) is 1. The number of ketones is 1. The van der Waals surface area contributed by atoms with E-state index in [1.807, 2.05) is 0 Å². The third kappa shape index (κ3) is 3.75. The summed E-state index contributed by atoms with van der Waals surface area (Å²) in [6.07, 6.45) is 2.34. The van der Waals surface area contributed by atoms with Gasteiger partial charge in [0.25, 0.3) is 0 Å². The molecule has 0 aliphatic heterocycles. The van der Waals surface area contributed by atoms with Gasteiger partial charge in [0, 0.05) is 11.6 Å². The Labute approximate surface area is 135 Å². The smallest absolute Gasteiger partial charge is 0.206 e. The highest BCUT2D eigenvalue weighted by molar-refractivity contribution is 8.01. The van der Waals surface area contributed by atoms with Gasteiger partial charge in [-0.2, -0.15) is 0 Å². The van der Waals surface area contributed by atoms with Crippen molar-refractivity contribution in [3.63, 3.8) is 0 Å². The van der Waals surface area contributed by atoms with Crippen LogP contribution in [0.5, 0.6) is 5.75 Å². The van der Waals surface area contributed by atoms with Crippen LogP contribution in [0.25, 0.3) is 0 Å². The van der Waals surface area contributed by atoms with Gasteiger partial charge in [0.15, 0.2) is 21.7 Å². The number of Topliss-reactive ketones (excluding diaryl/α,β-unsaturated/α-hetero) is 1. The van der Waals surface area contributed by atoms with Crippen LogP contribution in [-0.2, 0) is 0 Å². The van der Waals surface area contributed by atoms with Crippen LogP contribution in [0.3, 0.4) is 0 Å². The summed E-state index contributed by atoms with van der Waals surface area (Å²) >= 11 is 2.74. The lowest BCUT2D eigenvalue weighted by molar-refractivity contribution is 0.102. The number of carbonyl (C=O) groups excluding carboxylic acids is 1. The number of anilines is 1. The fourth-order valence-corrected chi connectivity index (χ4v) is 3.50. The van der Waals surface area contributed by atoms with Gasteiger partial charge in [-0.05, 0) is 31.0 Å². The molecule has 3 rings (SSSR count). The second-order valence-electron chi connectivity index (χ2n) is 4.85. The van der Waals surface area contributed by atoms with E-state index in [2.05, 4.69) is 15.5 Å². The SMILES string of the molecule is COc1ccc(C(=O)CSc2nnc(NC3CC3)s2)cc1F. The van der Waals surface area contributed by atoms with Crippen molar-refractivity contribution in [3.8, 4) is 5.75 Å². The molecular formula is C14H14FN3O2S2. The molecule has 2 aromatic rings. The predicted octanol–water partition coefficient (Wildman–Crippen LogP) is 3.24. The molecule has 0 unspecified atom stereocenters. The molecule has 0 amide bonds. The molecule has 0 atom stereocenters. The number of nitrogens with one attached hydrogen (secondary N) is 1. The average Bonchev–Trinajstić information content (AvgIpc) is 3.21. The number of nitrogens with zero attached hydrogens (tertiary/aromatic N) is 2. The summed E-state index contributed by atoms with van der Waals surface area (Å²) in [5.41, 5.74) is 0.326. The van der Waals surface area contributed by atoms with Gasteiger partial charge in [-0.25, -0.2) is 4.39 Å². The van der Waals surface area contributed by atoms with E-state index < -0.39 is 5.82 Å². The van der Waals surface area contributed by atoms with Crippen molar-refractivity contribution in [1.82, 2.24) is 10.2 Å². The van der Waals surface area contributed by atoms with E-state index in [0.717, 1.165) is 9.47 Å². The van der Waals surface area contributed by atoms with E-state index >= 15 is 0 Å². The van der Waals surface area contributed by atoms with E-state index in [1.54, 1.807) is 6.07 Å². The first-order valence-electron chi connectivity index (χ1n) is 6.75. The van der Waals surface area contributed by atoms with Crippen molar-refractivity contribution in [2.75, 3.05) is 18.2 Å². The molecule has 0 spiro atoms. The van der Waals surface area contributed by atoms with Crippen molar-refractivity contribution in [1.29, 1.82) is 0 Å². The Balaban J connectivity index is 1.57. The molecular weight excluding hydrogens is 325 g/mol. The van der Waals surface area contributed by atoms with Crippen LogP contribution in [0.4, 0.5) is 9.52 Å². The number of ether oxygens (including phenoxy) is 1. The zero-order valence-electron chi connectivity index (χ0n) is 11.8. The molecule has 1 aromatic heterocycles. The number of thioether (sulfide) groups is 1. The van der Waals surface area contributed by atoms with Crippen molar-refractivity contribution < 1.29 is 13.9 Å². The third-order valence-corrected chi connectivity index (χ3v) is 5.10. The largest absolute Gasteiger partial charge is 0.494 e. The summed E-state index contributed by atoms with van der Waals surface area (Å²) in [4.78, 5) is 12.1. The van der Waals surface area contributed by atoms with Gasteiger partial charge in [0.05, 0.1) is 12.9 Å². The van der Waals surface area contributed by atoms with Crippen LogP contribution in [0.15, 0.2) is 22.5 Å². The molecule has 1 saturated carbocycles. The second kappa shape index (κ2) is 6.62. The van der Waals surface area contributed by atoms with E-state index in [1.165, 1.54) is 55.2 Å². The fourth-order valence-electron chi connectivity index (χ4n) is 1.78. The lowest BCUT2D eigenvalue weighted by Gasteiger charge is -2.04. The molecule has 0 radical (unpaired) electrons. The zero-order chi connectivity index (χ0) is 15.5. The number of aromatic nitrogens is 2. The number of hydrogen-bond acceptors (Lipinski definition) is 7. The highest BCUT2D eigenvalue weighted by atomic mass is 32.2. The first kappa shape index (κ1) is 15.2. The topological polar surface area (TPSA) is 64.1 Å². The standard InChI is InChI=1S/C14H14FN3O2S2/c1-20-12-5-2-8(6-10(12)15)11(19)7-21-14-18-17-13(22-14)16-9-3-4-9/h2,5-6,9H,3-4,7H2,1H3,(H,16,17). The lowest BCUT2D eigenvalue weighted by Crippen LogP contribution is -2.03. The van der Waals surface area contributed by atoms with Gasteiger partial charge in [0.1, 0.15) is 0 Å². The van der Waals surface area contributed by atoms with Gasteiger partial charge in [0.2, 0.25) is 5.13 Å². The molecule has 0 saturated heterocycles. The van der Waals surface area contributed by atoms with Gasteiger partial charge in [-0.3, -0.25) is 4.79 Å². The van der Waals surface area contributed by atoms with E-state index in [4.69, 9.17) is 4.74 Å². The maximum absolute atomic E-state index is 13.6. The van der Waals surface area contributed by atoms with Gasteiger partial charge >= 0.3 is 0 Å². The molecule has 1 N–H and O–H groups in total. The molecule has 5 nitrogen and oxygen atoms in total. The van der Waals surface area contributed by atoms with Crippen LogP contribution >= 0.6 is 23.1 Å². The summed E-state index contributed by atoms with van der Waals surface area (Å²) in [5, 5.41) is 12.1. The Morgan fingerprint density at radius 3 is 3.00 bits per heavy atom. The van der Waals surface area contributed by atoms with Crippen LogP contribution in [-0.4, -0.2) is 34.9 Å². The molecule has 1 heterocycles. The van der Waals surface area contributed by atoms with Crippen LogP contribution in [0, 0.1) is 5.82 Å². The minimum Gasteiger partial charge on any atom is -0.494 e. The molecule has 22 heavy (non-hydrogen) atoms. The summed E-state index contributed by atoms with van der Waals surface area (Å²) in [7, 11) is 1.39. The third-order valence-electron chi connectivity index (χ3n) is 3.11. The van der Waals surface area contributed by atoms with E-state index in [-0.39, 0.29) is 17.3 Å². The number of methoxy groups -OCH3 is 1. The summed E-state index contributed by atoms with van der Waals surface area (Å²) < 4.78 is 19.2. The average molecular weight is 339 g/mol. The van der Waals surface area contributed by atoms with Crippen LogP contribution < -0.4 is 10.1 Å². The first-order valence-corrected chi connectivity index (χ1v) is 8.55. The van der Waals surface area contributed by atoms with Crippen molar-refractivity contribution in [3.05, 3.63) is 29.6 Å². The number of carbonyl (C=O) groups is 1. The van der Waals surface area contributed by atoms with Gasteiger partial charge in [-0.15, -0.1) is 10.2 Å². The summed E-state index contributed by atoms with van der Waals surface area (Å²) in [6.45, 7) is 0. The van der Waals surface area contributed by atoms with E-state index in [0.29, 0.717) is 11.6 Å². The summed E-state index contributed by atoms with van der Waals surface area (Å²) in [6, 6.07) is 4.73. The van der Waals surface area contributed by atoms with E-state index in [9.17, 15) is 9.18 Å². The molecule has 1 aliphatic carbocycles. The van der Waals surface area contributed by atoms with Gasteiger partial charge in [-0.1, -0.05) is 23.1 Å².